The lowest BCUT2D eigenvalue weighted by Gasteiger charge is -2.13. The molecule has 8 heteroatoms. The fourth-order valence-electron chi connectivity index (χ4n) is 3.70. The molecule has 168 valence electrons. The molecule has 0 fully saturated rings. The molecule has 0 aliphatic carbocycles. The van der Waals surface area contributed by atoms with Gasteiger partial charge in [0.15, 0.2) is 11.5 Å². The number of ether oxygens (including phenoxy) is 2. The molecule has 4 nitrogen and oxygen atoms in total. The Kier molecular flexibility index (Phi) is 7.38. The molecule has 0 radical (unpaired) electrons. The summed E-state index contributed by atoms with van der Waals surface area (Å²) in [5.41, 5.74) is 6.99. The molecule has 0 aliphatic heterocycles. The topological polar surface area (TPSA) is 60.3 Å². The van der Waals surface area contributed by atoms with E-state index in [1.165, 1.54) is 0 Å². The zero-order valence-corrected chi connectivity index (χ0v) is 18.3. The van der Waals surface area contributed by atoms with Gasteiger partial charge in [0.05, 0.1) is 24.3 Å². The standard InChI is InChI=1S/C23H26ClF3N2O2/c1-3-30-19-9-8-14(11-20(19)31-4-2)21-16(7-5-6-10-28)17-12-15(24)13-18(22(17)29-21)23(25,26)27/h8-9,11-13,29H,3-7,10,28H2,1-2H3. The van der Waals surface area contributed by atoms with Gasteiger partial charge in [0.25, 0.3) is 0 Å². The minimum absolute atomic E-state index is 0.0292. The molecule has 0 saturated carbocycles. The maximum absolute atomic E-state index is 13.7. The van der Waals surface area contributed by atoms with Gasteiger partial charge in [-0.05, 0) is 75.5 Å². The number of H-pyrrole nitrogens is 1. The Bertz CT molecular complexity index is 1050. The van der Waals surface area contributed by atoms with Crippen LogP contribution in [0.25, 0.3) is 22.2 Å². The second kappa shape index (κ2) is 9.83. The van der Waals surface area contributed by atoms with Crippen LogP contribution >= 0.6 is 11.6 Å². The van der Waals surface area contributed by atoms with Crippen molar-refractivity contribution in [2.45, 2.75) is 39.3 Å². The lowest BCUT2D eigenvalue weighted by molar-refractivity contribution is -0.136. The summed E-state index contributed by atoms with van der Waals surface area (Å²) >= 11 is 6.07. The maximum atomic E-state index is 13.7. The van der Waals surface area contributed by atoms with E-state index in [1.807, 2.05) is 19.9 Å². The van der Waals surface area contributed by atoms with E-state index >= 15 is 0 Å². The molecule has 0 unspecified atom stereocenters. The number of aromatic nitrogens is 1. The molecule has 0 spiro atoms. The molecule has 31 heavy (non-hydrogen) atoms. The molecule has 0 bridgehead atoms. The average molecular weight is 455 g/mol. The minimum atomic E-state index is -4.53. The summed E-state index contributed by atoms with van der Waals surface area (Å²) in [7, 11) is 0. The number of benzene rings is 2. The number of nitrogens with one attached hydrogen (secondary N) is 1. The number of rotatable bonds is 9. The SMILES string of the molecule is CCOc1ccc(-c2[nH]c3c(C(F)(F)F)cc(Cl)cc3c2CCCCN)cc1OCC. The number of hydrogen-bond acceptors (Lipinski definition) is 3. The van der Waals surface area contributed by atoms with Crippen LogP contribution in [0.1, 0.15) is 37.8 Å². The van der Waals surface area contributed by atoms with Crippen LogP contribution < -0.4 is 15.2 Å². The van der Waals surface area contributed by atoms with Gasteiger partial charge in [-0.1, -0.05) is 11.6 Å². The van der Waals surface area contributed by atoms with Crippen molar-refractivity contribution in [2.75, 3.05) is 19.8 Å². The molecule has 0 saturated heterocycles. The van der Waals surface area contributed by atoms with Gasteiger partial charge in [-0.15, -0.1) is 0 Å². The first-order valence-corrected chi connectivity index (χ1v) is 10.7. The normalized spacial score (nSPS) is 11.8. The third-order valence-corrected chi connectivity index (χ3v) is 5.22. The lowest BCUT2D eigenvalue weighted by atomic mass is 9.99. The summed E-state index contributed by atoms with van der Waals surface area (Å²) in [5, 5.41) is 0.519. The first kappa shape index (κ1) is 23.3. The van der Waals surface area contributed by atoms with Crippen LogP contribution in [0.2, 0.25) is 5.02 Å². The number of unbranched alkanes of at least 4 members (excludes halogenated alkanes) is 1. The van der Waals surface area contributed by atoms with Gasteiger partial charge in [-0.2, -0.15) is 13.2 Å². The molecule has 0 aliphatic rings. The van der Waals surface area contributed by atoms with Crippen LogP contribution in [-0.4, -0.2) is 24.7 Å². The highest BCUT2D eigenvalue weighted by Crippen LogP contribution is 2.42. The molecule has 0 atom stereocenters. The van der Waals surface area contributed by atoms with Gasteiger partial charge in [0.2, 0.25) is 0 Å². The average Bonchev–Trinajstić information content (AvgIpc) is 3.07. The number of fused-ring (bicyclic) bond motifs is 1. The van der Waals surface area contributed by atoms with Crippen LogP contribution in [0.3, 0.4) is 0 Å². The Balaban J connectivity index is 2.23. The highest BCUT2D eigenvalue weighted by molar-refractivity contribution is 6.31. The van der Waals surface area contributed by atoms with Gasteiger partial charge in [0, 0.05) is 21.7 Å². The molecule has 1 heterocycles. The van der Waals surface area contributed by atoms with Gasteiger partial charge in [-0.25, -0.2) is 0 Å². The third kappa shape index (κ3) is 5.10. The zero-order chi connectivity index (χ0) is 22.6. The van der Waals surface area contributed by atoms with Crippen molar-refractivity contribution in [3.8, 4) is 22.8 Å². The van der Waals surface area contributed by atoms with Gasteiger partial charge in [0.1, 0.15) is 0 Å². The number of hydrogen-bond donors (Lipinski definition) is 2. The van der Waals surface area contributed by atoms with Crippen LogP contribution in [0, 0.1) is 0 Å². The number of aromatic amines is 1. The zero-order valence-electron chi connectivity index (χ0n) is 17.5. The van der Waals surface area contributed by atoms with E-state index in [4.69, 9.17) is 26.8 Å². The first-order valence-electron chi connectivity index (χ1n) is 10.3. The third-order valence-electron chi connectivity index (χ3n) is 5.00. The van der Waals surface area contributed by atoms with Crippen molar-refractivity contribution in [1.29, 1.82) is 0 Å². The summed E-state index contributed by atoms with van der Waals surface area (Å²) in [6, 6.07) is 7.93. The Morgan fingerprint density at radius 3 is 2.35 bits per heavy atom. The van der Waals surface area contributed by atoms with E-state index in [1.54, 1.807) is 18.2 Å². The van der Waals surface area contributed by atoms with Crippen LogP contribution in [0.15, 0.2) is 30.3 Å². The molecule has 3 rings (SSSR count). The van der Waals surface area contributed by atoms with Crippen molar-refractivity contribution >= 4 is 22.5 Å². The van der Waals surface area contributed by atoms with E-state index < -0.39 is 11.7 Å². The predicted molar refractivity (Wildman–Crippen MR) is 118 cm³/mol. The Morgan fingerprint density at radius 1 is 1.00 bits per heavy atom. The van der Waals surface area contributed by atoms with E-state index in [0.29, 0.717) is 48.8 Å². The lowest BCUT2D eigenvalue weighted by Crippen LogP contribution is -2.05. The largest absolute Gasteiger partial charge is 0.490 e. The van der Waals surface area contributed by atoms with E-state index in [-0.39, 0.29) is 10.5 Å². The van der Waals surface area contributed by atoms with E-state index in [0.717, 1.165) is 30.0 Å². The highest BCUT2D eigenvalue weighted by Gasteiger charge is 2.34. The van der Waals surface area contributed by atoms with E-state index in [2.05, 4.69) is 4.98 Å². The fourth-order valence-corrected chi connectivity index (χ4v) is 3.92. The van der Waals surface area contributed by atoms with E-state index in [9.17, 15) is 13.2 Å². The van der Waals surface area contributed by atoms with Crippen LogP contribution in [-0.2, 0) is 12.6 Å². The Morgan fingerprint density at radius 2 is 1.71 bits per heavy atom. The second-order valence-corrected chi connectivity index (χ2v) is 7.56. The quantitative estimate of drug-likeness (QED) is 0.359. The maximum Gasteiger partial charge on any atom is 0.418 e. The van der Waals surface area contributed by atoms with Crippen LogP contribution in [0.5, 0.6) is 11.5 Å². The van der Waals surface area contributed by atoms with Crippen molar-refractivity contribution in [3.05, 3.63) is 46.5 Å². The summed E-state index contributed by atoms with van der Waals surface area (Å²) in [4.78, 5) is 3.02. The van der Waals surface area contributed by atoms with Gasteiger partial charge < -0.3 is 20.2 Å². The van der Waals surface area contributed by atoms with Crippen LogP contribution in [0.4, 0.5) is 13.2 Å². The molecule has 0 amide bonds. The monoisotopic (exact) mass is 454 g/mol. The summed E-state index contributed by atoms with van der Waals surface area (Å²) in [6.45, 7) is 5.17. The van der Waals surface area contributed by atoms with Crippen molar-refractivity contribution in [1.82, 2.24) is 4.98 Å². The summed E-state index contributed by atoms with van der Waals surface area (Å²) in [6.07, 6.45) is -2.44. The van der Waals surface area contributed by atoms with Crippen molar-refractivity contribution in [2.24, 2.45) is 5.73 Å². The van der Waals surface area contributed by atoms with Crippen molar-refractivity contribution < 1.29 is 22.6 Å². The second-order valence-electron chi connectivity index (χ2n) is 7.13. The smallest absolute Gasteiger partial charge is 0.418 e. The Labute approximate surface area is 184 Å². The number of nitrogens with two attached hydrogens (primary N) is 1. The minimum Gasteiger partial charge on any atom is -0.490 e. The van der Waals surface area contributed by atoms with Gasteiger partial charge in [-0.3, -0.25) is 0 Å². The van der Waals surface area contributed by atoms with Gasteiger partial charge >= 0.3 is 6.18 Å². The summed E-state index contributed by atoms with van der Waals surface area (Å²) < 4.78 is 52.5. The molecule has 3 N–H and O–H groups in total. The Hall–Kier alpha value is -2.38. The molecule has 3 aromatic rings. The molecule has 2 aromatic carbocycles. The molecular weight excluding hydrogens is 429 g/mol. The highest BCUT2D eigenvalue weighted by atomic mass is 35.5. The molecular formula is C23H26ClF3N2O2. The van der Waals surface area contributed by atoms with Crippen molar-refractivity contribution in [3.63, 3.8) is 0 Å². The molecule has 1 aromatic heterocycles. The number of alkyl halides is 3. The number of aryl methyl sites for hydroxylation is 1. The first-order chi connectivity index (χ1) is 14.8. The fraction of sp³-hybridized carbons (Fsp3) is 0.391. The summed E-state index contributed by atoms with van der Waals surface area (Å²) in [5.74, 6) is 1.13. The predicted octanol–water partition coefficient (Wildman–Crippen LogP) is 6.59. The number of halogens is 4.